The van der Waals surface area contributed by atoms with Crippen LogP contribution in [0.4, 0.5) is 0 Å². The molecule has 1 aromatic rings. The maximum atomic E-state index is 11.2. The second-order valence-electron chi connectivity index (χ2n) is 3.13. The summed E-state index contributed by atoms with van der Waals surface area (Å²) in [6, 6.07) is 2.10. The van der Waals surface area contributed by atoms with Crippen LogP contribution < -0.4 is 0 Å². The minimum absolute atomic E-state index is 0.648. The monoisotopic (exact) mass is 181 g/mol. The van der Waals surface area contributed by atoms with Crippen molar-refractivity contribution in [1.82, 2.24) is 4.98 Å². The van der Waals surface area contributed by atoms with Gasteiger partial charge in [-0.2, -0.15) is 0 Å². The van der Waals surface area contributed by atoms with E-state index in [2.05, 4.69) is 11.1 Å². The number of rotatable bonds is 0. The van der Waals surface area contributed by atoms with Crippen LogP contribution in [0.15, 0.2) is 12.3 Å². The van der Waals surface area contributed by atoms with Gasteiger partial charge in [0.15, 0.2) is 0 Å². The van der Waals surface area contributed by atoms with Crippen molar-refractivity contribution < 1.29 is 4.55 Å². The van der Waals surface area contributed by atoms with E-state index >= 15 is 0 Å². The maximum absolute atomic E-state index is 11.2. The molecule has 0 aliphatic carbocycles. The molecule has 0 spiro atoms. The maximum Gasteiger partial charge on any atom is 0.132 e. The van der Waals surface area contributed by atoms with Crippen LogP contribution in [0.5, 0.6) is 0 Å². The van der Waals surface area contributed by atoms with Gasteiger partial charge >= 0.3 is 0 Å². The molecule has 2 nitrogen and oxygen atoms in total. The highest BCUT2D eigenvalue weighted by molar-refractivity contribution is 7.90. The molecule has 0 N–H and O–H groups in total. The first-order valence-electron chi connectivity index (χ1n) is 4.05. The van der Waals surface area contributed by atoms with Crippen molar-refractivity contribution in [3.63, 3.8) is 0 Å². The first kappa shape index (κ1) is 8.08. The Bertz CT molecular complexity index is 301. The first-order chi connectivity index (χ1) is 5.75. The van der Waals surface area contributed by atoms with E-state index in [1.807, 2.05) is 13.1 Å². The molecule has 0 amide bonds. The molecule has 3 heteroatoms. The molecular weight excluding hydrogens is 170 g/mol. The zero-order chi connectivity index (χ0) is 8.55. The topological polar surface area (TPSA) is 36.0 Å². The van der Waals surface area contributed by atoms with Crippen LogP contribution in [0, 0.1) is 6.92 Å². The number of pyridine rings is 1. The largest absolute Gasteiger partial charge is 0.616 e. The van der Waals surface area contributed by atoms with Crippen LogP contribution in [-0.4, -0.2) is 15.3 Å². The fraction of sp³-hybridized carbons (Fsp3) is 0.444. The number of aryl methyl sites for hydroxylation is 2. The molecular formula is C9H11NOS. The average molecular weight is 181 g/mol. The highest BCUT2D eigenvalue weighted by Gasteiger charge is 2.18. The summed E-state index contributed by atoms with van der Waals surface area (Å²) in [4.78, 5) is 4.19. The van der Waals surface area contributed by atoms with Crippen LogP contribution in [0.3, 0.4) is 0 Å². The molecule has 0 bridgehead atoms. The molecule has 2 heterocycles. The number of aromatic nitrogens is 1. The quantitative estimate of drug-likeness (QED) is 0.564. The molecule has 1 aromatic heterocycles. The second kappa shape index (κ2) is 3.07. The normalized spacial score (nSPS) is 22.0. The van der Waals surface area contributed by atoms with Gasteiger partial charge in [0, 0.05) is 23.9 Å². The Morgan fingerprint density at radius 1 is 1.50 bits per heavy atom. The van der Waals surface area contributed by atoms with E-state index in [9.17, 15) is 4.55 Å². The van der Waals surface area contributed by atoms with Crippen molar-refractivity contribution in [2.24, 2.45) is 0 Å². The Morgan fingerprint density at radius 2 is 2.33 bits per heavy atom. The Labute approximate surface area is 75.2 Å². The SMILES string of the molecule is Cc1cc2c(cn1)C[S+]([O-])CC2. The van der Waals surface area contributed by atoms with E-state index in [0.717, 1.165) is 17.9 Å². The zero-order valence-electron chi connectivity index (χ0n) is 7.04. The molecule has 1 unspecified atom stereocenters. The van der Waals surface area contributed by atoms with E-state index in [1.54, 1.807) is 0 Å². The highest BCUT2D eigenvalue weighted by Crippen LogP contribution is 2.19. The molecule has 12 heavy (non-hydrogen) atoms. The van der Waals surface area contributed by atoms with Crippen molar-refractivity contribution in [1.29, 1.82) is 0 Å². The van der Waals surface area contributed by atoms with Crippen LogP contribution in [0.1, 0.15) is 16.8 Å². The van der Waals surface area contributed by atoms with Gasteiger partial charge in [-0.3, -0.25) is 4.98 Å². The third kappa shape index (κ3) is 1.47. The number of hydrogen-bond acceptors (Lipinski definition) is 2. The lowest BCUT2D eigenvalue weighted by atomic mass is 10.1. The Hall–Kier alpha value is -0.540. The summed E-state index contributed by atoms with van der Waals surface area (Å²) in [6.45, 7) is 1.99. The average Bonchev–Trinajstić information content (AvgIpc) is 2.05. The summed E-state index contributed by atoms with van der Waals surface area (Å²) in [6.07, 6.45) is 2.81. The van der Waals surface area contributed by atoms with E-state index in [4.69, 9.17) is 0 Å². The van der Waals surface area contributed by atoms with Gasteiger partial charge in [-0.25, -0.2) is 0 Å². The van der Waals surface area contributed by atoms with Gasteiger partial charge in [0.05, 0.1) is 0 Å². The van der Waals surface area contributed by atoms with Gasteiger partial charge in [-0.05, 0) is 29.7 Å². The van der Waals surface area contributed by atoms with Gasteiger partial charge in [0.1, 0.15) is 11.5 Å². The fourth-order valence-electron chi connectivity index (χ4n) is 1.48. The van der Waals surface area contributed by atoms with Gasteiger partial charge in [-0.15, -0.1) is 0 Å². The van der Waals surface area contributed by atoms with Crippen LogP contribution in [0.2, 0.25) is 0 Å². The van der Waals surface area contributed by atoms with Crippen LogP contribution in [-0.2, 0) is 23.3 Å². The van der Waals surface area contributed by atoms with Crippen molar-refractivity contribution >= 4 is 11.2 Å². The van der Waals surface area contributed by atoms with Gasteiger partial charge in [0.2, 0.25) is 0 Å². The summed E-state index contributed by atoms with van der Waals surface area (Å²) in [5.74, 6) is 1.51. The predicted molar refractivity (Wildman–Crippen MR) is 49.4 cm³/mol. The Kier molecular flexibility index (Phi) is 2.07. The molecule has 0 saturated carbocycles. The van der Waals surface area contributed by atoms with Gasteiger partial charge in [0.25, 0.3) is 0 Å². The number of fused-ring (bicyclic) bond motifs is 1. The molecule has 0 radical (unpaired) electrons. The van der Waals surface area contributed by atoms with E-state index in [-0.39, 0.29) is 0 Å². The summed E-state index contributed by atoms with van der Waals surface area (Å²) < 4.78 is 11.2. The van der Waals surface area contributed by atoms with Crippen molar-refractivity contribution in [3.8, 4) is 0 Å². The molecule has 64 valence electrons. The second-order valence-corrected chi connectivity index (χ2v) is 4.71. The third-order valence-electron chi connectivity index (χ3n) is 2.14. The van der Waals surface area contributed by atoms with E-state index < -0.39 is 11.2 Å². The van der Waals surface area contributed by atoms with E-state index in [0.29, 0.717) is 5.75 Å². The molecule has 1 aliphatic rings. The molecule has 1 aliphatic heterocycles. The Balaban J connectivity index is 2.37. The van der Waals surface area contributed by atoms with Gasteiger partial charge < -0.3 is 4.55 Å². The lowest BCUT2D eigenvalue weighted by Crippen LogP contribution is -2.19. The van der Waals surface area contributed by atoms with Crippen LogP contribution in [0.25, 0.3) is 0 Å². The molecule has 0 fully saturated rings. The number of hydrogen-bond donors (Lipinski definition) is 0. The zero-order valence-corrected chi connectivity index (χ0v) is 7.86. The minimum Gasteiger partial charge on any atom is -0.616 e. The minimum atomic E-state index is -0.648. The summed E-state index contributed by atoms with van der Waals surface area (Å²) in [5.41, 5.74) is 3.56. The molecule has 1 atom stereocenters. The van der Waals surface area contributed by atoms with Crippen molar-refractivity contribution in [2.45, 2.75) is 19.1 Å². The van der Waals surface area contributed by atoms with E-state index in [1.165, 1.54) is 11.1 Å². The summed E-state index contributed by atoms with van der Waals surface area (Å²) in [7, 11) is 0. The third-order valence-corrected chi connectivity index (χ3v) is 3.43. The highest BCUT2D eigenvalue weighted by atomic mass is 32.2. The molecule has 0 aromatic carbocycles. The van der Waals surface area contributed by atoms with Crippen molar-refractivity contribution in [2.75, 3.05) is 5.75 Å². The summed E-state index contributed by atoms with van der Waals surface area (Å²) in [5, 5.41) is 0. The lowest BCUT2D eigenvalue weighted by molar-refractivity contribution is 0.590. The van der Waals surface area contributed by atoms with Crippen LogP contribution >= 0.6 is 0 Å². The predicted octanol–water partition coefficient (Wildman–Crippen LogP) is 1.19. The van der Waals surface area contributed by atoms with Crippen molar-refractivity contribution in [3.05, 3.63) is 29.1 Å². The lowest BCUT2D eigenvalue weighted by Gasteiger charge is -2.19. The first-order valence-corrected chi connectivity index (χ1v) is 5.54. The fourth-order valence-corrected chi connectivity index (χ4v) is 2.68. The van der Waals surface area contributed by atoms with Gasteiger partial charge in [-0.1, -0.05) is 0 Å². The molecule has 0 saturated heterocycles. The molecule has 2 rings (SSSR count). The summed E-state index contributed by atoms with van der Waals surface area (Å²) >= 11 is -0.648. The number of nitrogens with zero attached hydrogens (tertiary/aromatic N) is 1. The standard InChI is InChI=1S/C9H11NOS/c1-7-4-8-2-3-12(11)6-9(8)5-10-7/h4-5H,2-3,6H2,1H3. The Morgan fingerprint density at radius 3 is 3.17 bits per heavy atom. The smallest absolute Gasteiger partial charge is 0.132 e.